The van der Waals surface area contributed by atoms with Crippen LogP contribution in [0.2, 0.25) is 0 Å². The van der Waals surface area contributed by atoms with E-state index in [1.54, 1.807) is 0 Å². The van der Waals surface area contributed by atoms with Crippen molar-refractivity contribution in [3.05, 3.63) is 22.1 Å². The largest absolute Gasteiger partial charge is 0.370 e. The Morgan fingerprint density at radius 3 is 2.84 bits per heavy atom. The Morgan fingerprint density at radius 1 is 1.47 bits per heavy atom. The molecule has 102 valence electrons. The second-order valence-corrected chi connectivity index (χ2v) is 5.74. The third-order valence-electron chi connectivity index (χ3n) is 3.32. The van der Waals surface area contributed by atoms with Gasteiger partial charge in [0.25, 0.3) is 5.91 Å². The molecule has 6 heteroatoms. The lowest BCUT2D eigenvalue weighted by atomic mass is 9.85. The van der Waals surface area contributed by atoms with Gasteiger partial charge in [-0.05, 0) is 23.8 Å². The minimum atomic E-state index is -0.389. The predicted octanol–water partition coefficient (Wildman–Crippen LogP) is 1.10. The number of nitrogens with zero attached hydrogens (tertiary/aromatic N) is 1. The fourth-order valence-corrected chi connectivity index (χ4v) is 3.47. The molecule has 2 rings (SSSR count). The van der Waals surface area contributed by atoms with Gasteiger partial charge >= 0.3 is 0 Å². The topological polar surface area (TPSA) is 98.5 Å². The lowest BCUT2D eigenvalue weighted by Crippen LogP contribution is -2.26. The molecule has 1 aliphatic heterocycles. The Bertz CT molecular complexity index is 516. The summed E-state index contributed by atoms with van der Waals surface area (Å²) in [4.78, 5) is 28.2. The van der Waals surface area contributed by atoms with Gasteiger partial charge < -0.3 is 11.5 Å². The number of nitrogens with two attached hydrogens (primary N) is 2. The zero-order valence-electron chi connectivity index (χ0n) is 10.8. The highest BCUT2D eigenvalue weighted by atomic mass is 32.2. The van der Waals surface area contributed by atoms with Gasteiger partial charge in [0.15, 0.2) is 5.96 Å². The minimum absolute atomic E-state index is 0.222. The second-order valence-electron chi connectivity index (χ2n) is 4.69. The van der Waals surface area contributed by atoms with Crippen molar-refractivity contribution in [2.24, 2.45) is 22.4 Å². The Labute approximate surface area is 116 Å². The molecule has 0 aromatic rings. The maximum absolute atomic E-state index is 12.0. The van der Waals surface area contributed by atoms with E-state index >= 15 is 0 Å². The van der Waals surface area contributed by atoms with Crippen molar-refractivity contribution in [2.45, 2.75) is 26.2 Å². The molecule has 0 aromatic heterocycles. The number of Topliss-reactive ketones (excluding diaryl/α,β-unsaturated/α-hetero) is 1. The van der Waals surface area contributed by atoms with Gasteiger partial charge in [-0.25, -0.2) is 0 Å². The lowest BCUT2D eigenvalue weighted by molar-refractivity contribution is -0.117. The first-order chi connectivity index (χ1) is 9.01. The molecule has 4 N–H and O–H groups in total. The molecule has 5 nitrogen and oxygen atoms in total. The first-order valence-corrected chi connectivity index (χ1v) is 7.22. The molecular formula is C13H17N3O2S. The van der Waals surface area contributed by atoms with E-state index in [4.69, 9.17) is 11.5 Å². The van der Waals surface area contributed by atoms with Crippen LogP contribution in [0.15, 0.2) is 27.1 Å². The van der Waals surface area contributed by atoms with Gasteiger partial charge in [0.05, 0.1) is 5.75 Å². The highest BCUT2D eigenvalue weighted by molar-refractivity contribution is 8.03. The van der Waals surface area contributed by atoms with Crippen molar-refractivity contribution in [1.29, 1.82) is 0 Å². The van der Waals surface area contributed by atoms with E-state index in [1.165, 1.54) is 11.8 Å². The van der Waals surface area contributed by atoms with Crippen LogP contribution in [0.3, 0.4) is 0 Å². The van der Waals surface area contributed by atoms with Crippen LogP contribution in [-0.2, 0) is 9.59 Å². The number of hydrogen-bond acceptors (Lipinski definition) is 3. The molecule has 1 aliphatic carbocycles. The number of hydrogen-bond donors (Lipinski definition) is 2. The number of aliphatic imine (C=N–C) groups is 1. The van der Waals surface area contributed by atoms with Crippen LogP contribution in [0, 0.1) is 5.92 Å². The van der Waals surface area contributed by atoms with Gasteiger partial charge in [-0.3, -0.25) is 9.59 Å². The second kappa shape index (κ2) is 5.61. The maximum Gasteiger partial charge on any atom is 0.280 e. The molecule has 0 saturated carbocycles. The van der Waals surface area contributed by atoms with Crippen molar-refractivity contribution in [1.82, 2.24) is 0 Å². The van der Waals surface area contributed by atoms with Crippen molar-refractivity contribution in [2.75, 3.05) is 5.75 Å². The van der Waals surface area contributed by atoms with Crippen molar-refractivity contribution >= 4 is 29.4 Å². The SMILES string of the molecule is CCC1=C(C(=O)N=C(N)N)C=C2SCC(=O)CC2C1. The zero-order chi connectivity index (χ0) is 14.0. The Kier molecular flexibility index (Phi) is 4.09. The molecule has 1 fully saturated rings. The number of rotatable bonds is 2. The van der Waals surface area contributed by atoms with E-state index in [0.29, 0.717) is 17.7 Å². The number of thioether (sulfide) groups is 1. The van der Waals surface area contributed by atoms with Crippen LogP contribution < -0.4 is 11.5 Å². The maximum atomic E-state index is 12.0. The molecule has 0 spiro atoms. The van der Waals surface area contributed by atoms with E-state index in [9.17, 15) is 9.59 Å². The highest BCUT2D eigenvalue weighted by Crippen LogP contribution is 2.42. The quantitative estimate of drug-likeness (QED) is 0.582. The fourth-order valence-electron chi connectivity index (χ4n) is 2.43. The molecule has 1 unspecified atom stereocenters. The predicted molar refractivity (Wildman–Crippen MR) is 76.4 cm³/mol. The molecule has 1 atom stereocenters. The number of allylic oxidation sites excluding steroid dienone is 2. The number of guanidine groups is 1. The molecule has 1 amide bonds. The van der Waals surface area contributed by atoms with Crippen LogP contribution in [0.4, 0.5) is 0 Å². The monoisotopic (exact) mass is 279 g/mol. The third-order valence-corrected chi connectivity index (χ3v) is 4.58. The zero-order valence-corrected chi connectivity index (χ0v) is 11.6. The number of fused-ring (bicyclic) bond motifs is 1. The van der Waals surface area contributed by atoms with Crippen molar-refractivity contribution in [3.63, 3.8) is 0 Å². The normalized spacial score (nSPS) is 22.7. The molecular weight excluding hydrogens is 262 g/mol. The summed E-state index contributed by atoms with van der Waals surface area (Å²) in [6.45, 7) is 1.99. The summed E-state index contributed by atoms with van der Waals surface area (Å²) in [6.07, 6.45) is 3.95. The minimum Gasteiger partial charge on any atom is -0.370 e. The molecule has 2 aliphatic rings. The fraction of sp³-hybridized carbons (Fsp3) is 0.462. The van der Waals surface area contributed by atoms with Gasteiger partial charge in [0.2, 0.25) is 0 Å². The standard InChI is InChI=1S/C13H17N3O2S/c1-2-7-3-8-4-9(17)6-19-11(8)5-10(7)12(18)16-13(14)15/h5,8H,2-4,6H2,1H3,(H4,14,15,16,18). The Hall–Kier alpha value is -1.56. The summed E-state index contributed by atoms with van der Waals surface area (Å²) in [5.74, 6) is 0.395. The molecule has 0 bridgehead atoms. The summed E-state index contributed by atoms with van der Waals surface area (Å²) < 4.78 is 0. The van der Waals surface area contributed by atoms with Gasteiger partial charge in [0.1, 0.15) is 5.78 Å². The summed E-state index contributed by atoms with van der Waals surface area (Å²) in [5, 5.41) is 0. The van der Waals surface area contributed by atoms with Gasteiger partial charge in [-0.1, -0.05) is 12.5 Å². The molecule has 1 saturated heterocycles. The van der Waals surface area contributed by atoms with Crippen LogP contribution >= 0.6 is 11.8 Å². The Morgan fingerprint density at radius 2 is 2.21 bits per heavy atom. The lowest BCUT2D eigenvalue weighted by Gasteiger charge is -2.29. The molecule has 1 heterocycles. The molecule has 19 heavy (non-hydrogen) atoms. The number of amides is 1. The molecule has 0 radical (unpaired) electrons. The third kappa shape index (κ3) is 3.07. The van der Waals surface area contributed by atoms with E-state index in [-0.39, 0.29) is 23.6 Å². The first kappa shape index (κ1) is 13.9. The number of carbonyl (C=O) groups excluding carboxylic acids is 2. The van der Waals surface area contributed by atoms with E-state index < -0.39 is 0 Å². The van der Waals surface area contributed by atoms with Gasteiger partial charge in [-0.15, -0.1) is 11.8 Å². The van der Waals surface area contributed by atoms with Gasteiger partial charge in [-0.2, -0.15) is 4.99 Å². The number of carbonyl (C=O) groups is 2. The molecule has 0 aromatic carbocycles. The van der Waals surface area contributed by atoms with Crippen LogP contribution in [0.5, 0.6) is 0 Å². The smallest absolute Gasteiger partial charge is 0.280 e. The van der Waals surface area contributed by atoms with Gasteiger partial charge in [0, 0.05) is 17.9 Å². The number of ketones is 1. The summed E-state index contributed by atoms with van der Waals surface area (Å²) in [5.41, 5.74) is 12.1. The average Bonchev–Trinajstić information content (AvgIpc) is 2.36. The van der Waals surface area contributed by atoms with Crippen molar-refractivity contribution in [3.8, 4) is 0 Å². The van der Waals surface area contributed by atoms with E-state index in [2.05, 4.69) is 4.99 Å². The van der Waals surface area contributed by atoms with Crippen LogP contribution in [0.1, 0.15) is 26.2 Å². The van der Waals surface area contributed by atoms with Crippen LogP contribution in [-0.4, -0.2) is 23.4 Å². The van der Waals surface area contributed by atoms with E-state index in [0.717, 1.165) is 23.3 Å². The van der Waals surface area contributed by atoms with Crippen molar-refractivity contribution < 1.29 is 9.59 Å². The summed E-state index contributed by atoms with van der Waals surface area (Å²) in [7, 11) is 0. The van der Waals surface area contributed by atoms with E-state index in [1.807, 2.05) is 13.0 Å². The first-order valence-electron chi connectivity index (χ1n) is 6.23. The summed E-state index contributed by atoms with van der Waals surface area (Å²) in [6, 6.07) is 0. The average molecular weight is 279 g/mol. The Balaban J connectivity index is 2.32. The summed E-state index contributed by atoms with van der Waals surface area (Å²) >= 11 is 1.52. The van der Waals surface area contributed by atoms with Crippen LogP contribution in [0.25, 0.3) is 0 Å². The highest BCUT2D eigenvalue weighted by Gasteiger charge is 2.30.